The van der Waals surface area contributed by atoms with Crippen molar-refractivity contribution in [2.45, 2.75) is 12.6 Å². The van der Waals surface area contributed by atoms with Gasteiger partial charge in [0.15, 0.2) is 6.23 Å². The van der Waals surface area contributed by atoms with Crippen LogP contribution in [0, 0.1) is 0 Å². The molecule has 1 N–H and O–H groups in total. The molecule has 0 radical (unpaired) electrons. The highest BCUT2D eigenvalue weighted by atomic mass is 16.5. The van der Waals surface area contributed by atoms with Crippen LogP contribution in [0.3, 0.4) is 0 Å². The van der Waals surface area contributed by atoms with Crippen molar-refractivity contribution in [3.63, 3.8) is 0 Å². The van der Waals surface area contributed by atoms with E-state index in [2.05, 4.69) is 9.80 Å². The molecule has 6 nitrogen and oxygen atoms in total. The SMILES string of the molecule is COC1c2ccccc2C(=O)N1CCCN1CCN(c2ccc(O)cc2)CC1. The van der Waals surface area contributed by atoms with Gasteiger partial charge in [0.2, 0.25) is 0 Å². The zero-order valence-corrected chi connectivity index (χ0v) is 16.3. The summed E-state index contributed by atoms with van der Waals surface area (Å²) in [5.74, 6) is 0.370. The van der Waals surface area contributed by atoms with Crippen LogP contribution in [0.2, 0.25) is 0 Å². The van der Waals surface area contributed by atoms with Crippen LogP contribution in [0.25, 0.3) is 0 Å². The van der Waals surface area contributed by atoms with Crippen molar-refractivity contribution in [2.24, 2.45) is 0 Å². The molecule has 1 amide bonds. The number of amides is 1. The molecule has 148 valence electrons. The number of hydrogen-bond donors (Lipinski definition) is 1. The highest BCUT2D eigenvalue weighted by Gasteiger charge is 2.36. The van der Waals surface area contributed by atoms with Gasteiger partial charge in [0.1, 0.15) is 5.75 Å². The molecule has 0 aromatic heterocycles. The standard InChI is InChI=1S/C22H27N3O3/c1-28-22-20-6-3-2-5-19(20)21(27)25(22)12-4-11-23-13-15-24(16-14-23)17-7-9-18(26)10-8-17/h2-3,5-10,22,26H,4,11-16H2,1H3. The number of anilines is 1. The van der Waals surface area contributed by atoms with Crippen LogP contribution in [-0.2, 0) is 4.74 Å². The van der Waals surface area contributed by atoms with E-state index in [-0.39, 0.29) is 12.1 Å². The third kappa shape index (κ3) is 3.70. The lowest BCUT2D eigenvalue weighted by Crippen LogP contribution is -2.47. The quantitative estimate of drug-likeness (QED) is 0.834. The second kappa shape index (κ2) is 8.20. The van der Waals surface area contributed by atoms with E-state index in [0.29, 0.717) is 12.3 Å². The number of benzene rings is 2. The van der Waals surface area contributed by atoms with Gasteiger partial charge in [-0.25, -0.2) is 0 Å². The molecule has 0 aliphatic carbocycles. The van der Waals surface area contributed by atoms with Crippen LogP contribution >= 0.6 is 0 Å². The largest absolute Gasteiger partial charge is 0.508 e. The zero-order valence-electron chi connectivity index (χ0n) is 16.3. The third-order valence-electron chi connectivity index (χ3n) is 5.68. The Kier molecular flexibility index (Phi) is 5.50. The summed E-state index contributed by atoms with van der Waals surface area (Å²) < 4.78 is 5.60. The molecule has 1 unspecified atom stereocenters. The van der Waals surface area contributed by atoms with Crippen LogP contribution in [0.1, 0.15) is 28.6 Å². The maximum Gasteiger partial charge on any atom is 0.256 e. The third-order valence-corrected chi connectivity index (χ3v) is 5.68. The molecule has 0 spiro atoms. The smallest absolute Gasteiger partial charge is 0.256 e. The summed E-state index contributed by atoms with van der Waals surface area (Å²) in [6.45, 7) is 5.62. The molecule has 2 aliphatic heterocycles. The van der Waals surface area contributed by atoms with Crippen molar-refractivity contribution in [3.05, 3.63) is 59.7 Å². The first kappa shape index (κ1) is 18.8. The fraction of sp³-hybridized carbons (Fsp3) is 0.409. The minimum absolute atomic E-state index is 0.0691. The summed E-state index contributed by atoms with van der Waals surface area (Å²) in [6, 6.07) is 15.1. The number of carbonyl (C=O) groups is 1. The summed E-state index contributed by atoms with van der Waals surface area (Å²) in [7, 11) is 1.66. The molecule has 2 aliphatic rings. The summed E-state index contributed by atoms with van der Waals surface area (Å²) in [5.41, 5.74) is 2.88. The van der Waals surface area contributed by atoms with E-state index < -0.39 is 0 Å². The Morgan fingerprint density at radius 2 is 1.71 bits per heavy atom. The topological polar surface area (TPSA) is 56.2 Å². The molecule has 1 atom stereocenters. The number of phenolic OH excluding ortho intramolecular Hbond substituents is 1. The van der Waals surface area contributed by atoms with Crippen molar-refractivity contribution in [1.29, 1.82) is 0 Å². The van der Waals surface area contributed by atoms with E-state index in [1.165, 1.54) is 0 Å². The average molecular weight is 381 g/mol. The molecular formula is C22H27N3O3. The highest BCUT2D eigenvalue weighted by Crippen LogP contribution is 2.33. The van der Waals surface area contributed by atoms with Crippen molar-refractivity contribution in [1.82, 2.24) is 9.80 Å². The summed E-state index contributed by atoms with van der Waals surface area (Å²) in [4.78, 5) is 19.3. The van der Waals surface area contributed by atoms with Gasteiger partial charge in [0.25, 0.3) is 5.91 Å². The summed E-state index contributed by atoms with van der Waals surface area (Å²) in [5, 5.41) is 9.43. The van der Waals surface area contributed by atoms with Gasteiger partial charge in [-0.3, -0.25) is 9.69 Å². The van der Waals surface area contributed by atoms with Gasteiger partial charge in [-0.05, 0) is 43.3 Å². The number of methoxy groups -OCH3 is 1. The number of aromatic hydroxyl groups is 1. The van der Waals surface area contributed by atoms with Gasteiger partial charge < -0.3 is 19.6 Å². The maximum absolute atomic E-state index is 12.7. The monoisotopic (exact) mass is 381 g/mol. The Morgan fingerprint density at radius 1 is 1.00 bits per heavy atom. The predicted molar refractivity (Wildman–Crippen MR) is 109 cm³/mol. The van der Waals surface area contributed by atoms with Crippen molar-refractivity contribution in [2.75, 3.05) is 51.3 Å². The molecule has 2 aromatic carbocycles. The van der Waals surface area contributed by atoms with E-state index in [1.807, 2.05) is 41.3 Å². The molecule has 0 bridgehead atoms. The zero-order chi connectivity index (χ0) is 19.5. The molecule has 2 aromatic rings. The molecule has 6 heteroatoms. The Balaban J connectivity index is 1.26. The van der Waals surface area contributed by atoms with Gasteiger partial charge in [0.05, 0.1) is 0 Å². The van der Waals surface area contributed by atoms with E-state index in [0.717, 1.165) is 56.0 Å². The van der Waals surface area contributed by atoms with Gasteiger partial charge in [-0.1, -0.05) is 18.2 Å². The highest BCUT2D eigenvalue weighted by molar-refractivity contribution is 5.98. The number of hydrogen-bond acceptors (Lipinski definition) is 5. The average Bonchev–Trinajstić information content (AvgIpc) is 3.01. The molecule has 1 saturated heterocycles. The second-order valence-corrected chi connectivity index (χ2v) is 7.37. The van der Waals surface area contributed by atoms with E-state index in [4.69, 9.17) is 4.74 Å². The molecule has 2 heterocycles. The Labute approximate surface area is 165 Å². The van der Waals surface area contributed by atoms with E-state index in [1.54, 1.807) is 19.2 Å². The lowest BCUT2D eigenvalue weighted by atomic mass is 10.1. The van der Waals surface area contributed by atoms with Gasteiger partial charge >= 0.3 is 0 Å². The first-order valence-corrected chi connectivity index (χ1v) is 9.86. The van der Waals surface area contributed by atoms with Crippen LogP contribution in [0.15, 0.2) is 48.5 Å². The molecule has 4 rings (SSSR count). The normalized spacial score (nSPS) is 19.9. The number of piperazine rings is 1. The van der Waals surface area contributed by atoms with Crippen molar-refractivity contribution in [3.8, 4) is 5.75 Å². The summed E-state index contributed by atoms with van der Waals surface area (Å²) in [6.07, 6.45) is 0.661. The molecule has 1 fully saturated rings. The fourth-order valence-corrected chi connectivity index (χ4v) is 4.17. The lowest BCUT2D eigenvalue weighted by molar-refractivity contribution is -0.0137. The second-order valence-electron chi connectivity index (χ2n) is 7.37. The summed E-state index contributed by atoms with van der Waals surface area (Å²) >= 11 is 0. The van der Waals surface area contributed by atoms with Gasteiger partial charge in [-0.2, -0.15) is 0 Å². The number of phenols is 1. The molecule has 28 heavy (non-hydrogen) atoms. The Morgan fingerprint density at radius 3 is 2.43 bits per heavy atom. The first-order chi connectivity index (χ1) is 13.7. The minimum atomic E-state index is -0.268. The van der Waals surface area contributed by atoms with E-state index in [9.17, 15) is 9.90 Å². The van der Waals surface area contributed by atoms with Crippen LogP contribution in [0.4, 0.5) is 5.69 Å². The van der Waals surface area contributed by atoms with Gasteiger partial charge in [-0.15, -0.1) is 0 Å². The number of carbonyl (C=O) groups excluding carboxylic acids is 1. The van der Waals surface area contributed by atoms with Crippen molar-refractivity contribution < 1.29 is 14.6 Å². The number of fused-ring (bicyclic) bond motifs is 1. The number of ether oxygens (including phenoxy) is 1. The van der Waals surface area contributed by atoms with Gasteiger partial charge in [0, 0.05) is 56.6 Å². The minimum Gasteiger partial charge on any atom is -0.508 e. The first-order valence-electron chi connectivity index (χ1n) is 9.86. The fourth-order valence-electron chi connectivity index (χ4n) is 4.17. The predicted octanol–water partition coefficient (Wildman–Crippen LogP) is 2.71. The van der Waals surface area contributed by atoms with Crippen LogP contribution in [-0.4, -0.2) is 67.2 Å². The van der Waals surface area contributed by atoms with Crippen molar-refractivity contribution >= 4 is 11.6 Å². The Bertz CT molecular complexity index is 816. The number of rotatable bonds is 6. The number of nitrogens with zero attached hydrogens (tertiary/aromatic N) is 3. The van der Waals surface area contributed by atoms with Crippen LogP contribution in [0.5, 0.6) is 5.75 Å². The lowest BCUT2D eigenvalue weighted by Gasteiger charge is -2.36. The molecular weight excluding hydrogens is 354 g/mol. The van der Waals surface area contributed by atoms with Crippen LogP contribution < -0.4 is 4.90 Å². The molecule has 0 saturated carbocycles. The maximum atomic E-state index is 12.7. The van der Waals surface area contributed by atoms with E-state index >= 15 is 0 Å². The Hall–Kier alpha value is -2.57.